The molecule has 0 atom stereocenters. The summed E-state index contributed by atoms with van der Waals surface area (Å²) in [6.45, 7) is 5.84. The van der Waals surface area contributed by atoms with Gasteiger partial charge in [0, 0.05) is 12.6 Å². The summed E-state index contributed by atoms with van der Waals surface area (Å²) in [7, 11) is 0. The number of benzene rings is 1. The third kappa shape index (κ3) is 3.51. The summed E-state index contributed by atoms with van der Waals surface area (Å²) >= 11 is 0. The summed E-state index contributed by atoms with van der Waals surface area (Å²) in [5.74, 6) is 0.336. The van der Waals surface area contributed by atoms with E-state index in [0.717, 1.165) is 12.1 Å². The Labute approximate surface area is 94.6 Å². The molecule has 5 nitrogen and oxygen atoms in total. The summed E-state index contributed by atoms with van der Waals surface area (Å²) in [6, 6.07) is 4.86. The molecule has 0 radical (unpaired) electrons. The number of ether oxygens (including phenoxy) is 1. The van der Waals surface area contributed by atoms with E-state index in [1.807, 2.05) is 13.8 Å². The summed E-state index contributed by atoms with van der Waals surface area (Å²) in [5, 5.41) is 13.8. The number of nitro benzene ring substituents is 1. The lowest BCUT2D eigenvalue weighted by atomic mass is 10.2. The minimum Gasteiger partial charge on any atom is -0.485 e. The van der Waals surface area contributed by atoms with Crippen molar-refractivity contribution >= 4 is 5.69 Å². The fraction of sp³-hybridized carbons (Fsp3) is 0.455. The molecule has 0 unspecified atom stereocenters. The Bertz CT molecular complexity index is 366. The maximum absolute atomic E-state index is 10.7. The van der Waals surface area contributed by atoms with Gasteiger partial charge in [-0.15, -0.1) is 0 Å². The molecule has 0 spiro atoms. The van der Waals surface area contributed by atoms with Gasteiger partial charge in [-0.05, 0) is 25.1 Å². The first-order valence-electron chi connectivity index (χ1n) is 5.23. The number of aryl methyl sites for hydroxylation is 1. The van der Waals surface area contributed by atoms with Crippen LogP contribution in [0.1, 0.15) is 12.5 Å². The lowest BCUT2D eigenvalue weighted by molar-refractivity contribution is -0.385. The van der Waals surface area contributed by atoms with E-state index in [4.69, 9.17) is 4.74 Å². The second-order valence-corrected chi connectivity index (χ2v) is 3.43. The lowest BCUT2D eigenvalue weighted by Gasteiger charge is -2.07. The fourth-order valence-electron chi connectivity index (χ4n) is 1.30. The van der Waals surface area contributed by atoms with Gasteiger partial charge in [0.2, 0.25) is 0 Å². The zero-order valence-electron chi connectivity index (χ0n) is 9.53. The highest BCUT2D eigenvalue weighted by Gasteiger charge is 2.14. The predicted octanol–water partition coefficient (Wildman–Crippen LogP) is 1.89. The van der Waals surface area contributed by atoms with Gasteiger partial charge in [0.1, 0.15) is 6.61 Å². The molecule has 88 valence electrons. The van der Waals surface area contributed by atoms with E-state index < -0.39 is 4.92 Å². The average molecular weight is 224 g/mol. The molecule has 1 aromatic carbocycles. The molecule has 0 aliphatic carbocycles. The van der Waals surface area contributed by atoms with Crippen LogP contribution >= 0.6 is 0 Å². The van der Waals surface area contributed by atoms with Gasteiger partial charge in [-0.3, -0.25) is 10.1 Å². The van der Waals surface area contributed by atoms with Crippen LogP contribution in [0.5, 0.6) is 5.75 Å². The van der Waals surface area contributed by atoms with Crippen LogP contribution in [-0.4, -0.2) is 24.6 Å². The number of likely N-dealkylation sites (N-methyl/N-ethyl adjacent to an activating group) is 1. The molecule has 0 saturated heterocycles. The van der Waals surface area contributed by atoms with Crippen LogP contribution in [0.15, 0.2) is 18.2 Å². The Balaban J connectivity index is 2.68. The highest BCUT2D eigenvalue weighted by molar-refractivity contribution is 5.48. The van der Waals surface area contributed by atoms with Crippen LogP contribution < -0.4 is 10.1 Å². The monoisotopic (exact) mass is 224 g/mol. The Morgan fingerprint density at radius 3 is 2.88 bits per heavy atom. The SMILES string of the molecule is CCNCCOc1cc(C)ccc1[N+](=O)[O-]. The Morgan fingerprint density at radius 2 is 2.25 bits per heavy atom. The van der Waals surface area contributed by atoms with Crippen LogP contribution in [0.3, 0.4) is 0 Å². The lowest BCUT2D eigenvalue weighted by Crippen LogP contribution is -2.20. The minimum atomic E-state index is -0.429. The van der Waals surface area contributed by atoms with Crippen LogP contribution in [0.4, 0.5) is 5.69 Å². The van der Waals surface area contributed by atoms with Crippen LogP contribution in [0, 0.1) is 17.0 Å². The van der Waals surface area contributed by atoms with Crippen molar-refractivity contribution in [1.29, 1.82) is 0 Å². The Hall–Kier alpha value is -1.62. The van der Waals surface area contributed by atoms with Crippen molar-refractivity contribution in [3.05, 3.63) is 33.9 Å². The van der Waals surface area contributed by atoms with Crippen molar-refractivity contribution in [3.63, 3.8) is 0 Å². The Morgan fingerprint density at radius 1 is 1.50 bits per heavy atom. The highest BCUT2D eigenvalue weighted by Crippen LogP contribution is 2.27. The predicted molar refractivity (Wildman–Crippen MR) is 61.9 cm³/mol. The number of hydrogen-bond donors (Lipinski definition) is 1. The molecule has 0 bridgehead atoms. The molecule has 0 aromatic heterocycles. The van der Waals surface area contributed by atoms with Crippen LogP contribution in [0.2, 0.25) is 0 Å². The summed E-state index contributed by atoms with van der Waals surface area (Å²) in [4.78, 5) is 10.3. The van der Waals surface area contributed by atoms with E-state index >= 15 is 0 Å². The quantitative estimate of drug-likeness (QED) is 0.455. The third-order valence-electron chi connectivity index (χ3n) is 2.10. The van der Waals surface area contributed by atoms with Crippen LogP contribution in [0.25, 0.3) is 0 Å². The topological polar surface area (TPSA) is 64.4 Å². The third-order valence-corrected chi connectivity index (χ3v) is 2.10. The molecule has 0 aliphatic heterocycles. The maximum Gasteiger partial charge on any atom is 0.310 e. The molecule has 0 heterocycles. The molecule has 0 aliphatic rings. The van der Waals surface area contributed by atoms with Crippen molar-refractivity contribution in [2.75, 3.05) is 19.7 Å². The number of hydrogen-bond acceptors (Lipinski definition) is 4. The van der Waals surface area contributed by atoms with Crippen molar-refractivity contribution in [2.24, 2.45) is 0 Å². The van der Waals surface area contributed by atoms with Gasteiger partial charge < -0.3 is 10.1 Å². The van der Waals surface area contributed by atoms with E-state index in [2.05, 4.69) is 5.32 Å². The summed E-state index contributed by atoms with van der Waals surface area (Å²) < 4.78 is 5.38. The van der Waals surface area contributed by atoms with Crippen molar-refractivity contribution < 1.29 is 9.66 Å². The van der Waals surface area contributed by atoms with Gasteiger partial charge in [-0.2, -0.15) is 0 Å². The van der Waals surface area contributed by atoms with Gasteiger partial charge in [-0.25, -0.2) is 0 Å². The minimum absolute atomic E-state index is 0.0158. The van der Waals surface area contributed by atoms with E-state index in [-0.39, 0.29) is 5.69 Å². The number of rotatable bonds is 6. The molecule has 16 heavy (non-hydrogen) atoms. The molecule has 0 amide bonds. The molecule has 0 saturated carbocycles. The van der Waals surface area contributed by atoms with Gasteiger partial charge in [0.05, 0.1) is 4.92 Å². The largest absolute Gasteiger partial charge is 0.485 e. The van der Waals surface area contributed by atoms with Crippen LogP contribution in [-0.2, 0) is 0 Å². The van der Waals surface area contributed by atoms with Crippen molar-refractivity contribution in [1.82, 2.24) is 5.32 Å². The zero-order chi connectivity index (χ0) is 12.0. The highest BCUT2D eigenvalue weighted by atomic mass is 16.6. The van der Waals surface area contributed by atoms with E-state index in [1.165, 1.54) is 6.07 Å². The molecular weight excluding hydrogens is 208 g/mol. The van der Waals surface area contributed by atoms with Crippen molar-refractivity contribution in [2.45, 2.75) is 13.8 Å². The summed E-state index contributed by atoms with van der Waals surface area (Å²) in [6.07, 6.45) is 0. The molecule has 1 N–H and O–H groups in total. The first-order chi connectivity index (χ1) is 7.65. The van der Waals surface area contributed by atoms with Gasteiger partial charge in [0.25, 0.3) is 0 Å². The maximum atomic E-state index is 10.7. The normalized spacial score (nSPS) is 10.1. The summed E-state index contributed by atoms with van der Waals surface area (Å²) in [5.41, 5.74) is 0.964. The van der Waals surface area contributed by atoms with Crippen molar-refractivity contribution in [3.8, 4) is 5.75 Å². The number of nitro groups is 1. The standard InChI is InChI=1S/C11H16N2O3/c1-3-12-6-7-16-11-8-9(2)4-5-10(11)13(14)15/h4-5,8,12H,3,6-7H2,1-2H3. The molecule has 5 heteroatoms. The Kier molecular flexibility index (Phi) is 4.72. The first kappa shape index (κ1) is 12.4. The number of nitrogens with zero attached hydrogens (tertiary/aromatic N) is 1. The van der Waals surface area contributed by atoms with Gasteiger partial charge in [-0.1, -0.05) is 13.0 Å². The molecule has 1 aromatic rings. The average Bonchev–Trinajstić information content (AvgIpc) is 2.24. The zero-order valence-corrected chi connectivity index (χ0v) is 9.53. The second-order valence-electron chi connectivity index (χ2n) is 3.43. The molecule has 0 fully saturated rings. The van der Waals surface area contributed by atoms with E-state index in [0.29, 0.717) is 18.9 Å². The fourth-order valence-corrected chi connectivity index (χ4v) is 1.30. The second kappa shape index (κ2) is 6.07. The van der Waals surface area contributed by atoms with Gasteiger partial charge >= 0.3 is 5.69 Å². The van der Waals surface area contributed by atoms with E-state index in [1.54, 1.807) is 12.1 Å². The smallest absolute Gasteiger partial charge is 0.310 e. The molecular formula is C11H16N2O3. The molecule has 1 rings (SSSR count). The van der Waals surface area contributed by atoms with Gasteiger partial charge in [0.15, 0.2) is 5.75 Å². The first-order valence-corrected chi connectivity index (χ1v) is 5.23. The van der Waals surface area contributed by atoms with E-state index in [9.17, 15) is 10.1 Å². The number of nitrogens with one attached hydrogen (secondary N) is 1.